The van der Waals surface area contributed by atoms with E-state index in [1.807, 2.05) is 14.0 Å². The highest BCUT2D eigenvalue weighted by Crippen LogP contribution is 2.16. The third kappa shape index (κ3) is 4.64. The number of amides is 1. The van der Waals surface area contributed by atoms with E-state index in [1.54, 1.807) is 4.90 Å². The second-order valence-electron chi connectivity index (χ2n) is 5.46. The van der Waals surface area contributed by atoms with E-state index < -0.39 is 5.97 Å². The van der Waals surface area contributed by atoms with Crippen LogP contribution in [0.25, 0.3) is 0 Å². The molecule has 2 unspecified atom stereocenters. The van der Waals surface area contributed by atoms with Crippen LogP contribution in [0.1, 0.15) is 32.6 Å². The van der Waals surface area contributed by atoms with E-state index in [-0.39, 0.29) is 18.2 Å². The van der Waals surface area contributed by atoms with Gasteiger partial charge in [0.2, 0.25) is 5.91 Å². The van der Waals surface area contributed by atoms with Crippen LogP contribution >= 0.6 is 0 Å². The molecule has 5 heteroatoms. The van der Waals surface area contributed by atoms with Crippen molar-refractivity contribution >= 4 is 11.9 Å². The smallest absolute Gasteiger partial charge is 0.303 e. The molecule has 1 amide bonds. The van der Waals surface area contributed by atoms with Gasteiger partial charge in [-0.15, -0.1) is 0 Å². The summed E-state index contributed by atoms with van der Waals surface area (Å²) < 4.78 is 0. The van der Waals surface area contributed by atoms with Crippen LogP contribution < -0.4 is 0 Å². The van der Waals surface area contributed by atoms with Gasteiger partial charge in [0.1, 0.15) is 0 Å². The van der Waals surface area contributed by atoms with Crippen molar-refractivity contribution in [2.24, 2.45) is 5.92 Å². The lowest BCUT2D eigenvalue weighted by molar-refractivity contribution is -0.138. The zero-order chi connectivity index (χ0) is 13.7. The third-order valence-electron chi connectivity index (χ3n) is 3.63. The molecule has 1 rings (SSSR count). The van der Waals surface area contributed by atoms with Crippen LogP contribution in [0, 0.1) is 5.92 Å². The van der Waals surface area contributed by atoms with Crippen molar-refractivity contribution in [3.63, 3.8) is 0 Å². The highest BCUT2D eigenvalue weighted by Gasteiger charge is 2.24. The van der Waals surface area contributed by atoms with Gasteiger partial charge in [-0.25, -0.2) is 0 Å². The van der Waals surface area contributed by atoms with Gasteiger partial charge in [-0.3, -0.25) is 9.59 Å². The van der Waals surface area contributed by atoms with Crippen LogP contribution in [-0.4, -0.2) is 60.0 Å². The summed E-state index contributed by atoms with van der Waals surface area (Å²) in [6.07, 6.45) is 2.71. The molecule has 1 fully saturated rings. The van der Waals surface area contributed by atoms with Crippen LogP contribution in [0.15, 0.2) is 0 Å². The van der Waals surface area contributed by atoms with E-state index in [2.05, 4.69) is 11.9 Å². The topological polar surface area (TPSA) is 60.9 Å². The summed E-state index contributed by atoms with van der Waals surface area (Å²) in [6, 6.07) is 0.453. The van der Waals surface area contributed by atoms with Gasteiger partial charge in [0.25, 0.3) is 0 Å². The largest absolute Gasteiger partial charge is 0.481 e. The number of likely N-dealkylation sites (N-methyl/N-ethyl adjacent to an activating group) is 2. The number of aliphatic carboxylic acids is 1. The molecule has 1 aliphatic rings. The molecule has 0 radical (unpaired) electrons. The fraction of sp³-hybridized carbons (Fsp3) is 0.846. The minimum atomic E-state index is -0.839. The minimum Gasteiger partial charge on any atom is -0.481 e. The number of carbonyl (C=O) groups is 2. The number of hydrogen-bond acceptors (Lipinski definition) is 3. The Labute approximate surface area is 109 Å². The first kappa shape index (κ1) is 15.0. The number of carboxylic acid groups (broad SMARTS) is 1. The maximum Gasteiger partial charge on any atom is 0.303 e. The Bertz CT molecular complexity index is 307. The number of hydrogen-bond donors (Lipinski definition) is 1. The van der Waals surface area contributed by atoms with E-state index in [0.717, 1.165) is 19.5 Å². The Kier molecular flexibility index (Phi) is 5.59. The predicted octanol–water partition coefficient (Wildman–Crippen LogP) is 1.04. The molecule has 1 saturated heterocycles. The van der Waals surface area contributed by atoms with E-state index in [0.29, 0.717) is 12.5 Å². The summed E-state index contributed by atoms with van der Waals surface area (Å²) in [5.74, 6) is -0.892. The van der Waals surface area contributed by atoms with Crippen LogP contribution in [0.5, 0.6) is 0 Å². The summed E-state index contributed by atoms with van der Waals surface area (Å²) in [4.78, 5) is 26.5. The lowest BCUT2D eigenvalue weighted by Crippen LogP contribution is -2.40. The van der Waals surface area contributed by atoms with Crippen molar-refractivity contribution < 1.29 is 14.7 Å². The first-order valence-corrected chi connectivity index (χ1v) is 6.56. The average Bonchev–Trinajstić information content (AvgIpc) is 2.62. The summed E-state index contributed by atoms with van der Waals surface area (Å²) in [5, 5.41) is 8.67. The normalized spacial score (nSPS) is 21.8. The number of likely N-dealkylation sites (tertiary alicyclic amines) is 1. The highest BCUT2D eigenvalue weighted by molar-refractivity contribution is 5.77. The van der Waals surface area contributed by atoms with Crippen molar-refractivity contribution in [2.45, 2.75) is 38.6 Å². The third-order valence-corrected chi connectivity index (χ3v) is 3.63. The van der Waals surface area contributed by atoms with Gasteiger partial charge in [-0.1, -0.05) is 6.92 Å². The van der Waals surface area contributed by atoms with Gasteiger partial charge >= 0.3 is 5.97 Å². The van der Waals surface area contributed by atoms with Crippen molar-refractivity contribution in [3.05, 3.63) is 0 Å². The van der Waals surface area contributed by atoms with Crippen molar-refractivity contribution in [1.29, 1.82) is 0 Å². The first-order valence-electron chi connectivity index (χ1n) is 6.56. The minimum absolute atomic E-state index is 0.0454. The molecule has 1 aliphatic heterocycles. The molecule has 18 heavy (non-hydrogen) atoms. The van der Waals surface area contributed by atoms with Crippen molar-refractivity contribution in [3.8, 4) is 0 Å². The predicted molar refractivity (Wildman–Crippen MR) is 69.3 cm³/mol. The fourth-order valence-electron chi connectivity index (χ4n) is 2.45. The molecule has 0 aromatic heterocycles. The monoisotopic (exact) mass is 256 g/mol. The summed E-state index contributed by atoms with van der Waals surface area (Å²) in [5.41, 5.74) is 0. The molecule has 1 N–H and O–H groups in total. The van der Waals surface area contributed by atoms with Crippen LogP contribution in [0.2, 0.25) is 0 Å². The molecule has 0 aliphatic carbocycles. The van der Waals surface area contributed by atoms with Crippen molar-refractivity contribution in [2.75, 3.05) is 27.2 Å². The van der Waals surface area contributed by atoms with Gasteiger partial charge in [0.15, 0.2) is 0 Å². The Morgan fingerprint density at radius 1 is 1.44 bits per heavy atom. The first-order chi connectivity index (χ1) is 8.40. The van der Waals surface area contributed by atoms with E-state index >= 15 is 0 Å². The molecule has 2 atom stereocenters. The zero-order valence-corrected chi connectivity index (χ0v) is 11.6. The van der Waals surface area contributed by atoms with Gasteiger partial charge in [0, 0.05) is 32.5 Å². The molecule has 0 aromatic carbocycles. The maximum atomic E-state index is 11.9. The second kappa shape index (κ2) is 6.73. The molecular weight excluding hydrogens is 232 g/mol. The molecule has 0 bridgehead atoms. The standard InChI is InChI=1S/C13H24N2O3/c1-10(8-13(17)18)7-12(16)15(3)9-11-5-4-6-14(11)2/h10-11H,4-9H2,1-3H3,(H,17,18). The van der Waals surface area contributed by atoms with E-state index in [9.17, 15) is 9.59 Å². The van der Waals surface area contributed by atoms with Crippen LogP contribution in [0.4, 0.5) is 0 Å². The van der Waals surface area contributed by atoms with Gasteiger partial charge in [-0.05, 0) is 32.4 Å². The molecule has 104 valence electrons. The summed E-state index contributed by atoms with van der Waals surface area (Å²) >= 11 is 0. The Morgan fingerprint density at radius 3 is 2.61 bits per heavy atom. The second-order valence-corrected chi connectivity index (χ2v) is 5.46. The SMILES string of the molecule is CC(CC(=O)O)CC(=O)N(C)CC1CCCN1C. The quantitative estimate of drug-likeness (QED) is 0.771. The van der Waals surface area contributed by atoms with Crippen LogP contribution in [-0.2, 0) is 9.59 Å². The molecule has 0 saturated carbocycles. The van der Waals surface area contributed by atoms with Gasteiger partial charge in [-0.2, -0.15) is 0 Å². The van der Waals surface area contributed by atoms with E-state index in [4.69, 9.17) is 5.11 Å². The lowest BCUT2D eigenvalue weighted by Gasteiger charge is -2.26. The summed E-state index contributed by atoms with van der Waals surface area (Å²) in [7, 11) is 3.89. The van der Waals surface area contributed by atoms with Crippen LogP contribution in [0.3, 0.4) is 0 Å². The number of carboxylic acids is 1. The lowest BCUT2D eigenvalue weighted by atomic mass is 10.0. The fourth-order valence-corrected chi connectivity index (χ4v) is 2.45. The zero-order valence-electron chi connectivity index (χ0n) is 11.6. The number of rotatable bonds is 6. The molecule has 0 spiro atoms. The maximum absolute atomic E-state index is 11.9. The summed E-state index contributed by atoms with van der Waals surface area (Å²) in [6.45, 7) is 3.65. The van der Waals surface area contributed by atoms with Crippen molar-refractivity contribution in [1.82, 2.24) is 9.80 Å². The van der Waals surface area contributed by atoms with E-state index in [1.165, 1.54) is 6.42 Å². The molecular formula is C13H24N2O3. The molecule has 1 heterocycles. The van der Waals surface area contributed by atoms with Gasteiger partial charge < -0.3 is 14.9 Å². The highest BCUT2D eigenvalue weighted by atomic mass is 16.4. The number of carbonyl (C=O) groups excluding carboxylic acids is 1. The Morgan fingerprint density at radius 2 is 2.11 bits per heavy atom. The number of nitrogens with zero attached hydrogens (tertiary/aromatic N) is 2. The Hall–Kier alpha value is -1.10. The Balaban J connectivity index is 2.34. The average molecular weight is 256 g/mol. The van der Waals surface area contributed by atoms with Gasteiger partial charge in [0.05, 0.1) is 0 Å². The molecule has 5 nitrogen and oxygen atoms in total. The molecule has 0 aromatic rings.